The summed E-state index contributed by atoms with van der Waals surface area (Å²) in [4.78, 5) is 25.7. The quantitative estimate of drug-likeness (QED) is 0.703. The van der Waals surface area contributed by atoms with E-state index in [-0.39, 0.29) is 11.9 Å². The Labute approximate surface area is 158 Å². The van der Waals surface area contributed by atoms with Crippen LogP contribution in [0.3, 0.4) is 0 Å². The Hall–Kier alpha value is -3.03. The third-order valence-corrected chi connectivity index (χ3v) is 4.73. The van der Waals surface area contributed by atoms with Crippen LogP contribution in [0.15, 0.2) is 18.2 Å². The van der Waals surface area contributed by atoms with Crippen molar-refractivity contribution in [2.75, 3.05) is 23.8 Å². The monoisotopic (exact) mass is 371 g/mol. The minimum atomic E-state index is -0.507. The molecule has 0 saturated heterocycles. The van der Waals surface area contributed by atoms with Crippen molar-refractivity contribution >= 4 is 23.3 Å². The average Bonchev–Trinajstić information content (AvgIpc) is 2.95. The van der Waals surface area contributed by atoms with Gasteiger partial charge in [-0.25, -0.2) is 4.79 Å². The summed E-state index contributed by atoms with van der Waals surface area (Å²) in [7, 11) is 1.70. The van der Waals surface area contributed by atoms with Crippen molar-refractivity contribution in [3.05, 3.63) is 35.2 Å². The van der Waals surface area contributed by atoms with Crippen molar-refractivity contribution in [2.24, 2.45) is 0 Å². The second-order valence-electron chi connectivity index (χ2n) is 6.74. The van der Waals surface area contributed by atoms with Gasteiger partial charge in [-0.3, -0.25) is 9.89 Å². The number of carbonyl (C=O) groups excluding carboxylic acids is 2. The molecule has 3 amide bonds. The van der Waals surface area contributed by atoms with E-state index in [1.54, 1.807) is 37.1 Å². The van der Waals surface area contributed by atoms with Crippen molar-refractivity contribution in [3.63, 3.8) is 0 Å². The number of hydrogen-bond donors (Lipinski definition) is 3. The number of ether oxygens (including phenoxy) is 1. The summed E-state index contributed by atoms with van der Waals surface area (Å²) in [6.45, 7) is 6.24. The molecule has 0 unspecified atom stereocenters. The van der Waals surface area contributed by atoms with E-state index in [2.05, 4.69) is 20.8 Å². The summed E-state index contributed by atoms with van der Waals surface area (Å²) in [6.07, 6.45) is 1.17. The van der Waals surface area contributed by atoms with E-state index in [4.69, 9.17) is 4.74 Å². The number of aromatic amines is 1. The van der Waals surface area contributed by atoms with Crippen LogP contribution in [0.1, 0.15) is 30.3 Å². The number of carbonyl (C=O) groups is 2. The molecule has 1 aliphatic rings. The lowest BCUT2D eigenvalue weighted by molar-refractivity contribution is -0.125. The highest BCUT2D eigenvalue weighted by Crippen LogP contribution is 2.35. The van der Waals surface area contributed by atoms with Crippen molar-refractivity contribution in [1.82, 2.24) is 15.5 Å². The lowest BCUT2D eigenvalue weighted by Crippen LogP contribution is -2.42. The first-order valence-electron chi connectivity index (χ1n) is 9.00. The fraction of sp³-hybridized carbons (Fsp3) is 0.421. The fourth-order valence-electron chi connectivity index (χ4n) is 3.17. The molecule has 27 heavy (non-hydrogen) atoms. The van der Waals surface area contributed by atoms with Gasteiger partial charge in [0, 0.05) is 25.0 Å². The van der Waals surface area contributed by atoms with Crippen LogP contribution < -0.4 is 20.3 Å². The van der Waals surface area contributed by atoms with Crippen molar-refractivity contribution in [2.45, 2.75) is 39.7 Å². The van der Waals surface area contributed by atoms with Crippen LogP contribution in [0.2, 0.25) is 0 Å². The third kappa shape index (κ3) is 4.05. The zero-order valence-electron chi connectivity index (χ0n) is 16.0. The average molecular weight is 371 g/mol. The molecule has 3 N–H and O–H groups in total. The van der Waals surface area contributed by atoms with Crippen LogP contribution >= 0.6 is 0 Å². The van der Waals surface area contributed by atoms with Gasteiger partial charge in [0.1, 0.15) is 5.75 Å². The second-order valence-corrected chi connectivity index (χ2v) is 6.74. The normalized spacial score (nSPS) is 15.9. The number of fused-ring (bicyclic) bond motifs is 1. The van der Waals surface area contributed by atoms with E-state index in [0.717, 1.165) is 24.2 Å². The Morgan fingerprint density at radius 3 is 2.85 bits per heavy atom. The highest BCUT2D eigenvalue weighted by Gasteiger charge is 2.29. The summed E-state index contributed by atoms with van der Waals surface area (Å²) in [5, 5.41) is 12.8. The van der Waals surface area contributed by atoms with Crippen LogP contribution in [0, 0.1) is 13.8 Å². The topological polar surface area (TPSA) is 99.4 Å². The molecule has 1 aromatic heterocycles. The van der Waals surface area contributed by atoms with E-state index < -0.39 is 6.10 Å². The summed E-state index contributed by atoms with van der Waals surface area (Å²) >= 11 is 0. The van der Waals surface area contributed by atoms with Crippen LogP contribution in [0.25, 0.3) is 0 Å². The Balaban J connectivity index is 1.52. The minimum Gasteiger partial charge on any atom is -0.479 e. The number of urea groups is 1. The molecule has 0 fully saturated rings. The third-order valence-electron chi connectivity index (χ3n) is 4.73. The molecule has 0 radical (unpaired) electrons. The molecule has 2 heterocycles. The van der Waals surface area contributed by atoms with Gasteiger partial charge in [0.05, 0.1) is 11.4 Å². The van der Waals surface area contributed by atoms with Crippen LogP contribution in [0.5, 0.6) is 5.75 Å². The van der Waals surface area contributed by atoms with Crippen LogP contribution in [-0.2, 0) is 11.2 Å². The van der Waals surface area contributed by atoms with E-state index in [9.17, 15) is 9.59 Å². The number of hydrogen-bond acceptors (Lipinski definition) is 4. The molecule has 8 heteroatoms. The largest absolute Gasteiger partial charge is 0.479 e. The maximum Gasteiger partial charge on any atom is 0.319 e. The molecule has 0 saturated carbocycles. The molecule has 1 aliphatic heterocycles. The maximum atomic E-state index is 12.1. The van der Waals surface area contributed by atoms with Crippen LogP contribution in [-0.4, -0.2) is 41.8 Å². The van der Waals surface area contributed by atoms with E-state index in [1.165, 1.54) is 5.56 Å². The number of aromatic nitrogens is 2. The molecule has 2 aromatic rings. The standard InChI is InChI=1S/C19H25N5O3/c1-11-15(12(2)23-22-11)6-5-9-20-19(26)21-14-7-8-17-16(10-14)24(4)18(25)13(3)27-17/h7-8,10,13H,5-6,9H2,1-4H3,(H,22,23)(H2,20,21,26)/t13-/m0/s1. The number of rotatable bonds is 5. The van der Waals surface area contributed by atoms with Gasteiger partial charge in [-0.05, 0) is 57.4 Å². The fourth-order valence-corrected chi connectivity index (χ4v) is 3.17. The molecule has 8 nitrogen and oxygen atoms in total. The van der Waals surface area contributed by atoms with Gasteiger partial charge in [-0.2, -0.15) is 5.10 Å². The van der Waals surface area contributed by atoms with E-state index in [0.29, 0.717) is 23.7 Å². The Kier molecular flexibility index (Phi) is 5.34. The number of amides is 3. The number of anilines is 2. The molecule has 144 valence electrons. The van der Waals surface area contributed by atoms with Gasteiger partial charge in [0.2, 0.25) is 0 Å². The van der Waals surface area contributed by atoms with Crippen molar-refractivity contribution < 1.29 is 14.3 Å². The highest BCUT2D eigenvalue weighted by molar-refractivity contribution is 6.00. The molecular formula is C19H25N5O3. The van der Waals surface area contributed by atoms with Crippen molar-refractivity contribution in [3.8, 4) is 5.75 Å². The number of nitrogens with one attached hydrogen (secondary N) is 3. The molecule has 0 bridgehead atoms. The maximum absolute atomic E-state index is 12.1. The first-order valence-corrected chi connectivity index (χ1v) is 9.00. The van der Waals surface area contributed by atoms with E-state index >= 15 is 0 Å². The number of nitrogens with zero attached hydrogens (tertiary/aromatic N) is 2. The smallest absolute Gasteiger partial charge is 0.319 e. The second kappa shape index (κ2) is 7.69. The summed E-state index contributed by atoms with van der Waals surface area (Å²) in [5.41, 5.74) is 4.52. The molecule has 0 spiro atoms. The SMILES string of the molecule is Cc1n[nH]c(C)c1CCCNC(=O)Nc1ccc2c(c1)N(C)C(=O)[C@H](C)O2. The number of likely N-dealkylation sites (N-methyl/N-ethyl adjacent to an activating group) is 1. The Morgan fingerprint density at radius 1 is 1.37 bits per heavy atom. The first-order chi connectivity index (χ1) is 12.9. The summed E-state index contributed by atoms with van der Waals surface area (Å²) in [6, 6.07) is 4.97. The minimum absolute atomic E-state index is 0.117. The number of benzene rings is 1. The van der Waals surface area contributed by atoms with Gasteiger partial charge >= 0.3 is 6.03 Å². The highest BCUT2D eigenvalue weighted by atomic mass is 16.5. The zero-order valence-corrected chi connectivity index (χ0v) is 16.0. The number of aryl methyl sites for hydroxylation is 2. The molecule has 1 atom stereocenters. The van der Waals surface area contributed by atoms with Crippen molar-refractivity contribution in [1.29, 1.82) is 0 Å². The predicted molar refractivity (Wildman–Crippen MR) is 103 cm³/mol. The van der Waals surface area contributed by atoms with Gasteiger partial charge in [-0.15, -0.1) is 0 Å². The van der Waals surface area contributed by atoms with Crippen LogP contribution in [0.4, 0.5) is 16.2 Å². The zero-order chi connectivity index (χ0) is 19.6. The van der Waals surface area contributed by atoms with Gasteiger partial charge in [-0.1, -0.05) is 0 Å². The number of H-pyrrole nitrogens is 1. The van der Waals surface area contributed by atoms with Gasteiger partial charge < -0.3 is 20.3 Å². The van der Waals surface area contributed by atoms with E-state index in [1.807, 2.05) is 13.8 Å². The summed E-state index contributed by atoms with van der Waals surface area (Å²) in [5.74, 6) is 0.510. The Morgan fingerprint density at radius 2 is 2.15 bits per heavy atom. The predicted octanol–water partition coefficient (Wildman–Crippen LogP) is 2.52. The molecule has 1 aromatic carbocycles. The first kappa shape index (κ1) is 18.8. The van der Waals surface area contributed by atoms with Gasteiger partial charge in [0.25, 0.3) is 5.91 Å². The molecule has 0 aliphatic carbocycles. The lowest BCUT2D eigenvalue weighted by atomic mass is 10.1. The van der Waals surface area contributed by atoms with Gasteiger partial charge in [0.15, 0.2) is 6.10 Å². The molecule has 3 rings (SSSR count). The summed E-state index contributed by atoms with van der Waals surface area (Å²) < 4.78 is 5.58. The molecular weight excluding hydrogens is 346 g/mol. The lowest BCUT2D eigenvalue weighted by Gasteiger charge is -2.30. The Bertz CT molecular complexity index is 842.